The lowest BCUT2D eigenvalue weighted by molar-refractivity contribution is -0.132. The van der Waals surface area contributed by atoms with Crippen LogP contribution in [0.5, 0.6) is 0 Å². The van der Waals surface area contributed by atoms with Gasteiger partial charge in [0, 0.05) is 13.0 Å². The summed E-state index contributed by atoms with van der Waals surface area (Å²) in [5, 5.41) is 8.92. The Bertz CT molecular complexity index is 493. The average molecular weight is 275 g/mol. The zero-order valence-electron chi connectivity index (χ0n) is 12.0. The molecule has 4 heteroatoms. The average Bonchev–Trinajstić information content (AvgIpc) is 2.87. The lowest BCUT2D eigenvalue weighted by atomic mass is 10.0. The second-order valence-electron chi connectivity index (χ2n) is 5.77. The van der Waals surface area contributed by atoms with E-state index in [-0.39, 0.29) is 17.5 Å². The second-order valence-corrected chi connectivity index (χ2v) is 5.77. The number of rotatable bonds is 4. The van der Waals surface area contributed by atoms with Crippen LogP contribution in [0.1, 0.15) is 55.1 Å². The van der Waals surface area contributed by atoms with E-state index in [0.717, 1.165) is 24.9 Å². The van der Waals surface area contributed by atoms with Crippen molar-refractivity contribution in [2.45, 2.75) is 39.2 Å². The largest absolute Gasteiger partial charge is 0.478 e. The minimum absolute atomic E-state index is 0.101. The predicted octanol–water partition coefficient (Wildman–Crippen LogP) is 3.09. The van der Waals surface area contributed by atoms with Gasteiger partial charge in [0.05, 0.1) is 11.6 Å². The van der Waals surface area contributed by atoms with E-state index in [4.69, 9.17) is 5.11 Å². The highest BCUT2D eigenvalue weighted by molar-refractivity contribution is 5.87. The smallest absolute Gasteiger partial charge is 0.335 e. The molecule has 1 amide bonds. The number of amides is 1. The lowest BCUT2D eigenvalue weighted by Crippen LogP contribution is -2.31. The number of carboxylic acid groups (broad SMARTS) is 1. The van der Waals surface area contributed by atoms with Crippen molar-refractivity contribution < 1.29 is 14.7 Å². The number of benzene rings is 1. The molecule has 1 unspecified atom stereocenters. The quantitative estimate of drug-likeness (QED) is 0.918. The summed E-state index contributed by atoms with van der Waals surface area (Å²) in [5.41, 5.74) is 1.32. The van der Waals surface area contributed by atoms with Crippen molar-refractivity contribution >= 4 is 11.9 Å². The van der Waals surface area contributed by atoms with Crippen LogP contribution < -0.4 is 0 Å². The highest BCUT2D eigenvalue weighted by Crippen LogP contribution is 2.32. The highest BCUT2D eigenvalue weighted by Gasteiger charge is 2.29. The Morgan fingerprint density at radius 1 is 1.30 bits per heavy atom. The number of hydrogen-bond acceptors (Lipinski definition) is 2. The minimum Gasteiger partial charge on any atom is -0.478 e. The molecule has 108 valence electrons. The Balaban J connectivity index is 2.14. The Morgan fingerprint density at radius 3 is 2.50 bits per heavy atom. The van der Waals surface area contributed by atoms with Gasteiger partial charge in [0.25, 0.3) is 0 Å². The van der Waals surface area contributed by atoms with Gasteiger partial charge >= 0.3 is 5.97 Å². The van der Waals surface area contributed by atoms with E-state index < -0.39 is 5.97 Å². The van der Waals surface area contributed by atoms with Crippen molar-refractivity contribution in [3.05, 3.63) is 35.4 Å². The summed E-state index contributed by atoms with van der Waals surface area (Å²) in [4.78, 5) is 25.0. The van der Waals surface area contributed by atoms with E-state index >= 15 is 0 Å². The van der Waals surface area contributed by atoms with E-state index in [2.05, 4.69) is 0 Å². The predicted molar refractivity (Wildman–Crippen MR) is 76.5 cm³/mol. The summed E-state index contributed by atoms with van der Waals surface area (Å²) in [7, 11) is 0. The van der Waals surface area contributed by atoms with Crippen LogP contribution in [0.3, 0.4) is 0 Å². The van der Waals surface area contributed by atoms with Gasteiger partial charge in [0.1, 0.15) is 0 Å². The normalized spacial score (nSPS) is 18.6. The number of likely N-dealkylation sites (tertiary alicyclic amines) is 1. The van der Waals surface area contributed by atoms with Gasteiger partial charge in [0.15, 0.2) is 0 Å². The fourth-order valence-electron chi connectivity index (χ4n) is 2.73. The number of carbonyl (C=O) groups excluding carboxylic acids is 1. The molecule has 0 radical (unpaired) electrons. The van der Waals surface area contributed by atoms with Gasteiger partial charge in [-0.05, 0) is 36.5 Å². The Hall–Kier alpha value is -1.84. The van der Waals surface area contributed by atoms with Crippen molar-refractivity contribution in [1.29, 1.82) is 0 Å². The Kier molecular flexibility index (Phi) is 4.42. The third-order valence-electron chi connectivity index (χ3n) is 3.70. The van der Waals surface area contributed by atoms with Crippen molar-refractivity contribution in [3.8, 4) is 0 Å². The molecule has 1 fully saturated rings. The molecule has 4 nitrogen and oxygen atoms in total. The Labute approximate surface area is 119 Å². The SMILES string of the molecule is CC(C)CC(=O)N1CCCC1c1ccc(C(=O)O)cc1. The van der Waals surface area contributed by atoms with Gasteiger partial charge in [-0.3, -0.25) is 4.79 Å². The fourth-order valence-corrected chi connectivity index (χ4v) is 2.73. The number of aromatic carboxylic acids is 1. The van der Waals surface area contributed by atoms with E-state index in [1.165, 1.54) is 0 Å². The molecule has 20 heavy (non-hydrogen) atoms. The first-order chi connectivity index (χ1) is 9.49. The molecular weight excluding hydrogens is 254 g/mol. The molecule has 0 aliphatic carbocycles. The summed E-state index contributed by atoms with van der Waals surface area (Å²) in [6.45, 7) is 4.90. The summed E-state index contributed by atoms with van der Waals surface area (Å²) < 4.78 is 0. The third kappa shape index (κ3) is 3.18. The maximum absolute atomic E-state index is 12.2. The van der Waals surface area contributed by atoms with E-state index in [0.29, 0.717) is 12.3 Å². The zero-order chi connectivity index (χ0) is 14.7. The number of hydrogen-bond donors (Lipinski definition) is 1. The summed E-state index contributed by atoms with van der Waals surface area (Å²) in [6.07, 6.45) is 2.54. The number of carbonyl (C=O) groups is 2. The molecule has 1 N–H and O–H groups in total. The van der Waals surface area contributed by atoms with Crippen molar-refractivity contribution in [1.82, 2.24) is 4.90 Å². The molecule has 1 aliphatic heterocycles. The van der Waals surface area contributed by atoms with Crippen molar-refractivity contribution in [2.24, 2.45) is 5.92 Å². The molecular formula is C16H21NO3. The van der Waals surface area contributed by atoms with Gasteiger partial charge in [0.2, 0.25) is 5.91 Å². The molecule has 0 spiro atoms. The maximum atomic E-state index is 12.2. The molecule has 1 aromatic carbocycles. The first kappa shape index (κ1) is 14.6. The first-order valence-corrected chi connectivity index (χ1v) is 7.11. The Morgan fingerprint density at radius 2 is 1.95 bits per heavy atom. The lowest BCUT2D eigenvalue weighted by Gasteiger charge is -2.26. The van der Waals surface area contributed by atoms with Crippen molar-refractivity contribution in [3.63, 3.8) is 0 Å². The molecule has 1 heterocycles. The maximum Gasteiger partial charge on any atom is 0.335 e. The number of nitrogens with zero attached hydrogens (tertiary/aromatic N) is 1. The minimum atomic E-state index is -0.921. The fraction of sp³-hybridized carbons (Fsp3) is 0.500. The molecule has 1 aromatic rings. The first-order valence-electron chi connectivity index (χ1n) is 7.11. The van der Waals surface area contributed by atoms with Gasteiger partial charge in [-0.2, -0.15) is 0 Å². The van der Waals surface area contributed by atoms with Crippen LogP contribution >= 0.6 is 0 Å². The van der Waals surface area contributed by atoms with Gasteiger partial charge in [-0.25, -0.2) is 4.79 Å². The van der Waals surface area contributed by atoms with Crippen LogP contribution in [0, 0.1) is 5.92 Å². The molecule has 0 bridgehead atoms. The van der Waals surface area contributed by atoms with Crippen LogP contribution in [-0.4, -0.2) is 28.4 Å². The molecule has 1 atom stereocenters. The molecule has 2 rings (SSSR count). The molecule has 1 aliphatic rings. The summed E-state index contributed by atoms with van der Waals surface area (Å²) in [6, 6.07) is 6.98. The standard InChI is InChI=1S/C16H21NO3/c1-11(2)10-15(18)17-9-3-4-14(17)12-5-7-13(8-6-12)16(19)20/h5-8,11,14H,3-4,9-10H2,1-2H3,(H,19,20). The van der Waals surface area contributed by atoms with E-state index in [9.17, 15) is 9.59 Å². The monoisotopic (exact) mass is 275 g/mol. The van der Waals surface area contributed by atoms with E-state index in [1.807, 2.05) is 30.9 Å². The third-order valence-corrected chi connectivity index (χ3v) is 3.70. The van der Waals surface area contributed by atoms with Crippen molar-refractivity contribution in [2.75, 3.05) is 6.54 Å². The van der Waals surface area contributed by atoms with Crippen LogP contribution in [-0.2, 0) is 4.79 Å². The van der Waals surface area contributed by atoms with Gasteiger partial charge < -0.3 is 10.0 Å². The summed E-state index contributed by atoms with van der Waals surface area (Å²) in [5.74, 6) is -0.362. The van der Waals surface area contributed by atoms with Crippen LogP contribution in [0.2, 0.25) is 0 Å². The second kappa shape index (κ2) is 6.07. The molecule has 0 saturated carbocycles. The highest BCUT2D eigenvalue weighted by atomic mass is 16.4. The van der Waals surface area contributed by atoms with Crippen LogP contribution in [0.15, 0.2) is 24.3 Å². The zero-order valence-corrected chi connectivity index (χ0v) is 12.0. The topological polar surface area (TPSA) is 57.6 Å². The van der Waals surface area contributed by atoms with Crippen LogP contribution in [0.25, 0.3) is 0 Å². The molecule has 0 aromatic heterocycles. The van der Waals surface area contributed by atoms with Gasteiger partial charge in [-0.15, -0.1) is 0 Å². The van der Waals surface area contributed by atoms with E-state index in [1.54, 1.807) is 12.1 Å². The summed E-state index contributed by atoms with van der Waals surface area (Å²) >= 11 is 0. The number of carboxylic acids is 1. The van der Waals surface area contributed by atoms with Gasteiger partial charge in [-0.1, -0.05) is 26.0 Å². The molecule has 1 saturated heterocycles. The van der Waals surface area contributed by atoms with Crippen LogP contribution in [0.4, 0.5) is 0 Å².